The second-order valence-electron chi connectivity index (χ2n) is 6.67. The molecule has 0 fully saturated rings. The average Bonchev–Trinajstić information content (AvgIpc) is 3.33. The molecule has 0 N–H and O–H groups in total. The highest BCUT2D eigenvalue weighted by atomic mass is 35.5. The lowest BCUT2D eigenvalue weighted by atomic mass is 10.1. The van der Waals surface area contributed by atoms with E-state index in [2.05, 4.69) is 5.10 Å². The Hall–Kier alpha value is -3.85. The summed E-state index contributed by atoms with van der Waals surface area (Å²) in [7, 11) is 0. The van der Waals surface area contributed by atoms with Gasteiger partial charge in [-0.05, 0) is 48.0 Å². The molecule has 32 heavy (non-hydrogen) atoms. The van der Waals surface area contributed by atoms with E-state index in [1.54, 1.807) is 24.3 Å². The third kappa shape index (κ3) is 4.15. The number of alkyl halides is 3. The maximum Gasteiger partial charge on any atom is 0.435 e. The molecule has 1 amide bonds. The Kier molecular flexibility index (Phi) is 5.35. The van der Waals surface area contributed by atoms with E-state index in [-0.39, 0.29) is 17.0 Å². The van der Waals surface area contributed by atoms with Gasteiger partial charge >= 0.3 is 6.18 Å². The first-order valence-electron chi connectivity index (χ1n) is 9.03. The Labute approximate surface area is 183 Å². The number of rotatable bonds is 4. The number of benzene rings is 2. The van der Waals surface area contributed by atoms with Crippen molar-refractivity contribution in [2.45, 2.75) is 6.18 Å². The van der Waals surface area contributed by atoms with Crippen molar-refractivity contribution in [3.63, 3.8) is 0 Å². The van der Waals surface area contributed by atoms with Crippen LogP contribution in [0.25, 0.3) is 17.4 Å². The van der Waals surface area contributed by atoms with Gasteiger partial charge in [-0.25, -0.2) is 0 Å². The third-order valence-corrected chi connectivity index (χ3v) is 4.75. The van der Waals surface area contributed by atoms with Crippen molar-refractivity contribution in [2.75, 3.05) is 5.01 Å². The highest BCUT2D eigenvalue weighted by Crippen LogP contribution is 2.33. The van der Waals surface area contributed by atoms with Gasteiger partial charge in [0.25, 0.3) is 5.91 Å². The van der Waals surface area contributed by atoms with E-state index in [1.807, 2.05) is 0 Å². The van der Waals surface area contributed by atoms with Gasteiger partial charge in [-0.1, -0.05) is 35.9 Å². The van der Waals surface area contributed by atoms with Gasteiger partial charge in [0.05, 0.1) is 17.2 Å². The molecule has 0 unspecified atom stereocenters. The molecule has 0 spiro atoms. The zero-order chi connectivity index (χ0) is 23.0. The Morgan fingerprint density at radius 2 is 1.81 bits per heavy atom. The maximum absolute atomic E-state index is 13.6. The number of carboxylic acids is 1. The highest BCUT2D eigenvalue weighted by Gasteiger charge is 2.47. The zero-order valence-corrected chi connectivity index (χ0v) is 16.6. The average molecular weight is 460 g/mol. The Morgan fingerprint density at radius 1 is 1.09 bits per heavy atom. The van der Waals surface area contributed by atoms with Crippen molar-refractivity contribution in [3.8, 4) is 11.3 Å². The van der Waals surface area contributed by atoms with Crippen LogP contribution in [0.5, 0.6) is 0 Å². The number of hydrazone groups is 1. The van der Waals surface area contributed by atoms with Crippen molar-refractivity contribution in [2.24, 2.45) is 5.10 Å². The maximum atomic E-state index is 13.6. The van der Waals surface area contributed by atoms with E-state index < -0.39 is 29.3 Å². The number of hydrogen-bond donors (Lipinski definition) is 0. The molecule has 6 nitrogen and oxygen atoms in total. The number of amides is 1. The molecule has 1 aliphatic rings. The van der Waals surface area contributed by atoms with Gasteiger partial charge in [0.15, 0.2) is 5.71 Å². The quantitative estimate of drug-likeness (QED) is 0.544. The molecule has 162 valence electrons. The van der Waals surface area contributed by atoms with E-state index in [1.165, 1.54) is 12.1 Å². The first-order chi connectivity index (χ1) is 15.1. The Balaban J connectivity index is 1.70. The van der Waals surface area contributed by atoms with Crippen molar-refractivity contribution in [3.05, 3.63) is 82.6 Å². The second kappa shape index (κ2) is 8.01. The topological polar surface area (TPSA) is 85.9 Å². The Bertz CT molecular complexity index is 1280. The minimum atomic E-state index is -4.91. The molecule has 10 heteroatoms. The van der Waals surface area contributed by atoms with Gasteiger partial charge in [-0.3, -0.25) is 4.79 Å². The molecule has 0 atom stereocenters. The third-order valence-electron chi connectivity index (χ3n) is 4.52. The van der Waals surface area contributed by atoms with Gasteiger partial charge in [-0.15, -0.1) is 0 Å². The monoisotopic (exact) mass is 459 g/mol. The van der Waals surface area contributed by atoms with Crippen molar-refractivity contribution >= 4 is 41.0 Å². The minimum Gasteiger partial charge on any atom is -0.545 e. The summed E-state index contributed by atoms with van der Waals surface area (Å²) in [6.07, 6.45) is -3.96. The van der Waals surface area contributed by atoms with Crippen LogP contribution in [-0.4, -0.2) is 23.8 Å². The van der Waals surface area contributed by atoms with Gasteiger partial charge in [-0.2, -0.15) is 23.3 Å². The van der Waals surface area contributed by atoms with E-state index in [0.717, 1.165) is 30.3 Å². The lowest BCUT2D eigenvalue weighted by Crippen LogP contribution is -2.25. The van der Waals surface area contributed by atoms with Crippen molar-refractivity contribution in [1.29, 1.82) is 0 Å². The second-order valence-corrected chi connectivity index (χ2v) is 7.10. The van der Waals surface area contributed by atoms with Crippen LogP contribution >= 0.6 is 11.6 Å². The van der Waals surface area contributed by atoms with Crippen LogP contribution < -0.4 is 10.1 Å². The normalized spacial score (nSPS) is 15.4. The van der Waals surface area contributed by atoms with Crippen LogP contribution in [0.4, 0.5) is 18.9 Å². The van der Waals surface area contributed by atoms with Crippen LogP contribution in [0.15, 0.2) is 75.8 Å². The zero-order valence-electron chi connectivity index (χ0n) is 15.9. The summed E-state index contributed by atoms with van der Waals surface area (Å²) in [6.45, 7) is 0. The van der Waals surface area contributed by atoms with Crippen LogP contribution in [0.2, 0.25) is 5.02 Å². The van der Waals surface area contributed by atoms with Crippen LogP contribution in [0.3, 0.4) is 0 Å². The molecule has 4 rings (SSSR count). The molecule has 0 aliphatic carbocycles. The minimum absolute atomic E-state index is 0.00873. The highest BCUT2D eigenvalue weighted by molar-refractivity contribution is 6.34. The summed E-state index contributed by atoms with van der Waals surface area (Å²) in [5, 5.41) is 15.3. The summed E-state index contributed by atoms with van der Waals surface area (Å²) < 4.78 is 46.3. The van der Waals surface area contributed by atoms with E-state index in [4.69, 9.17) is 16.0 Å². The van der Waals surface area contributed by atoms with Gasteiger partial charge < -0.3 is 14.3 Å². The van der Waals surface area contributed by atoms with E-state index in [9.17, 15) is 27.9 Å². The van der Waals surface area contributed by atoms with Gasteiger partial charge in [0.1, 0.15) is 11.5 Å². The lowest BCUT2D eigenvalue weighted by molar-refractivity contribution is -0.255. The molecule has 2 heterocycles. The predicted molar refractivity (Wildman–Crippen MR) is 109 cm³/mol. The summed E-state index contributed by atoms with van der Waals surface area (Å²) in [6, 6.07) is 14.2. The number of halogens is 4. The molecular weight excluding hydrogens is 449 g/mol. The number of carbonyl (C=O) groups excluding carboxylic acids is 2. The number of carboxylic acid groups (broad SMARTS) is 1. The molecule has 3 aromatic rings. The molecule has 2 aromatic carbocycles. The number of hydrogen-bond acceptors (Lipinski definition) is 5. The van der Waals surface area contributed by atoms with Crippen LogP contribution in [0, 0.1) is 0 Å². The number of nitrogens with zero attached hydrogens (tertiary/aromatic N) is 2. The standard InChI is InChI=1S/C22H12ClF3N2O4/c23-14-3-1-2-13(10-14)18-9-8-16(32-18)11-17-19(22(24,25)26)27-28(20(17)29)15-6-4-12(5-7-15)21(30)31/h1-11H,(H,30,31)/p-1/b17-11-. The molecule has 1 aromatic heterocycles. The van der Waals surface area contributed by atoms with Crippen molar-refractivity contribution in [1.82, 2.24) is 0 Å². The fraction of sp³-hybridized carbons (Fsp3) is 0.0455. The largest absolute Gasteiger partial charge is 0.545 e. The number of furan rings is 1. The number of carbonyl (C=O) groups is 2. The molecule has 0 saturated carbocycles. The van der Waals surface area contributed by atoms with E-state index >= 15 is 0 Å². The smallest absolute Gasteiger partial charge is 0.435 e. The molecular formula is C22H11ClF3N2O4-. The van der Waals surface area contributed by atoms with Crippen LogP contribution in [-0.2, 0) is 4.79 Å². The van der Waals surface area contributed by atoms with Crippen molar-refractivity contribution < 1.29 is 32.3 Å². The number of aromatic carboxylic acids is 1. The van der Waals surface area contributed by atoms with Gasteiger partial charge in [0.2, 0.25) is 0 Å². The first kappa shape index (κ1) is 21.4. The van der Waals surface area contributed by atoms with E-state index in [0.29, 0.717) is 21.4 Å². The molecule has 0 saturated heterocycles. The number of anilines is 1. The molecule has 0 radical (unpaired) electrons. The fourth-order valence-electron chi connectivity index (χ4n) is 3.04. The van der Waals surface area contributed by atoms with Gasteiger partial charge in [0, 0.05) is 10.6 Å². The Morgan fingerprint density at radius 3 is 2.44 bits per heavy atom. The summed E-state index contributed by atoms with van der Waals surface area (Å²) in [5.41, 5.74) is -1.73. The first-order valence-corrected chi connectivity index (χ1v) is 9.41. The van der Waals surface area contributed by atoms with Crippen LogP contribution in [0.1, 0.15) is 16.1 Å². The summed E-state index contributed by atoms with van der Waals surface area (Å²) in [5.74, 6) is -2.14. The molecule has 0 bridgehead atoms. The fourth-order valence-corrected chi connectivity index (χ4v) is 3.23. The summed E-state index contributed by atoms with van der Waals surface area (Å²) >= 11 is 5.95. The SMILES string of the molecule is O=C([O-])c1ccc(N2N=C(C(F)(F)F)/C(=C/c3ccc(-c4cccc(Cl)c4)o3)C2=O)cc1. The predicted octanol–water partition coefficient (Wildman–Crippen LogP) is 4.31. The summed E-state index contributed by atoms with van der Waals surface area (Å²) in [4.78, 5) is 23.6. The lowest BCUT2D eigenvalue weighted by Gasteiger charge is -2.12. The molecule has 1 aliphatic heterocycles.